The van der Waals surface area contributed by atoms with Crippen LogP contribution in [0.5, 0.6) is 11.5 Å². The van der Waals surface area contributed by atoms with Crippen LogP contribution in [0, 0.1) is 12.3 Å². The van der Waals surface area contributed by atoms with Gasteiger partial charge in [-0.15, -0.1) is 0 Å². The first-order chi connectivity index (χ1) is 10.00. The fourth-order valence-electron chi connectivity index (χ4n) is 2.64. The molecule has 116 valence electrons. The zero-order valence-corrected chi connectivity index (χ0v) is 13.2. The van der Waals surface area contributed by atoms with Crippen LogP contribution in [0.4, 0.5) is 5.69 Å². The van der Waals surface area contributed by atoms with Crippen molar-refractivity contribution in [2.45, 2.75) is 26.7 Å². The van der Waals surface area contributed by atoms with Crippen LogP contribution >= 0.6 is 0 Å². The van der Waals surface area contributed by atoms with E-state index in [0.29, 0.717) is 18.0 Å². The van der Waals surface area contributed by atoms with Gasteiger partial charge in [-0.3, -0.25) is 4.79 Å². The molecule has 1 aromatic rings. The molecule has 2 rings (SSSR count). The van der Waals surface area contributed by atoms with Crippen LogP contribution in [-0.4, -0.2) is 33.2 Å². The van der Waals surface area contributed by atoms with Gasteiger partial charge in [-0.2, -0.15) is 0 Å². The van der Waals surface area contributed by atoms with E-state index in [2.05, 4.69) is 10.6 Å². The Balaban J connectivity index is 2.20. The fraction of sp³-hybridized carbons (Fsp3) is 0.562. The molecule has 5 nitrogen and oxygen atoms in total. The molecule has 0 aromatic heterocycles. The summed E-state index contributed by atoms with van der Waals surface area (Å²) in [7, 11) is 3.19. The maximum Gasteiger partial charge on any atom is 0.231 e. The van der Waals surface area contributed by atoms with Gasteiger partial charge in [0.2, 0.25) is 5.91 Å². The number of hydrogen-bond donors (Lipinski definition) is 2. The number of aryl methyl sites for hydroxylation is 1. The molecule has 1 fully saturated rings. The van der Waals surface area contributed by atoms with Crippen LogP contribution in [0.3, 0.4) is 0 Å². The summed E-state index contributed by atoms with van der Waals surface area (Å²) < 4.78 is 10.6. The third-order valence-electron chi connectivity index (χ3n) is 4.12. The molecule has 5 heteroatoms. The molecule has 1 heterocycles. The Morgan fingerprint density at radius 3 is 2.52 bits per heavy atom. The van der Waals surface area contributed by atoms with Crippen molar-refractivity contribution in [2.24, 2.45) is 5.41 Å². The number of carbonyl (C=O) groups excluding carboxylic acids is 1. The average molecular weight is 292 g/mol. The van der Waals surface area contributed by atoms with Gasteiger partial charge in [0.05, 0.1) is 19.6 Å². The summed E-state index contributed by atoms with van der Waals surface area (Å²) in [5, 5.41) is 6.32. The van der Waals surface area contributed by atoms with Gasteiger partial charge >= 0.3 is 0 Å². The first-order valence-electron chi connectivity index (χ1n) is 7.25. The molecule has 2 N–H and O–H groups in total. The molecule has 1 aliphatic heterocycles. The third-order valence-corrected chi connectivity index (χ3v) is 4.12. The van der Waals surface area contributed by atoms with Crippen molar-refractivity contribution in [1.82, 2.24) is 5.32 Å². The average Bonchev–Trinajstić information content (AvgIpc) is 2.49. The molecule has 0 radical (unpaired) electrons. The maximum atomic E-state index is 12.6. The van der Waals surface area contributed by atoms with Crippen molar-refractivity contribution >= 4 is 11.6 Å². The van der Waals surface area contributed by atoms with Gasteiger partial charge in [-0.1, -0.05) is 0 Å². The molecular weight excluding hydrogens is 268 g/mol. The highest BCUT2D eigenvalue weighted by Gasteiger charge is 2.34. The van der Waals surface area contributed by atoms with Gasteiger partial charge in [-0.05, 0) is 44.9 Å². The molecule has 0 spiro atoms. The van der Waals surface area contributed by atoms with Crippen molar-refractivity contribution in [1.29, 1.82) is 0 Å². The summed E-state index contributed by atoms with van der Waals surface area (Å²) in [6, 6.07) is 3.68. The van der Waals surface area contributed by atoms with Crippen molar-refractivity contribution < 1.29 is 14.3 Å². The molecule has 0 saturated carbocycles. The van der Waals surface area contributed by atoms with Gasteiger partial charge in [0.25, 0.3) is 0 Å². The van der Waals surface area contributed by atoms with E-state index in [-0.39, 0.29) is 11.3 Å². The number of piperidine rings is 1. The lowest BCUT2D eigenvalue weighted by atomic mass is 9.82. The zero-order valence-electron chi connectivity index (χ0n) is 13.2. The van der Waals surface area contributed by atoms with Gasteiger partial charge in [-0.25, -0.2) is 0 Å². The molecule has 0 aliphatic carbocycles. The van der Waals surface area contributed by atoms with Crippen LogP contribution in [0.25, 0.3) is 0 Å². The summed E-state index contributed by atoms with van der Waals surface area (Å²) in [6.45, 7) is 5.65. The third kappa shape index (κ3) is 3.29. The summed E-state index contributed by atoms with van der Waals surface area (Å²) >= 11 is 0. The number of nitrogens with one attached hydrogen (secondary N) is 2. The number of benzene rings is 1. The van der Waals surface area contributed by atoms with E-state index < -0.39 is 0 Å². The topological polar surface area (TPSA) is 59.6 Å². The Kier molecular flexibility index (Phi) is 4.73. The number of hydrogen-bond acceptors (Lipinski definition) is 4. The first-order valence-corrected chi connectivity index (χ1v) is 7.25. The van der Waals surface area contributed by atoms with E-state index >= 15 is 0 Å². The second-order valence-corrected chi connectivity index (χ2v) is 5.82. The lowest BCUT2D eigenvalue weighted by Gasteiger charge is -2.32. The predicted molar refractivity (Wildman–Crippen MR) is 83.1 cm³/mol. The first kappa shape index (κ1) is 15.6. The number of amides is 1. The number of carbonyl (C=O) groups is 1. The predicted octanol–water partition coefficient (Wildman–Crippen LogP) is 2.34. The van der Waals surface area contributed by atoms with Crippen LogP contribution in [0.2, 0.25) is 0 Å². The Morgan fingerprint density at radius 1 is 1.29 bits per heavy atom. The van der Waals surface area contributed by atoms with Crippen molar-refractivity contribution in [3.63, 3.8) is 0 Å². The number of ether oxygens (including phenoxy) is 2. The molecular formula is C16H24N2O3. The quantitative estimate of drug-likeness (QED) is 0.894. The Bertz CT molecular complexity index is 522. The number of methoxy groups -OCH3 is 2. The molecule has 21 heavy (non-hydrogen) atoms. The van der Waals surface area contributed by atoms with Gasteiger partial charge in [0.1, 0.15) is 0 Å². The molecule has 1 aliphatic rings. The monoisotopic (exact) mass is 292 g/mol. The van der Waals surface area contributed by atoms with Crippen molar-refractivity contribution in [3.8, 4) is 11.5 Å². The molecule has 1 amide bonds. The van der Waals surface area contributed by atoms with E-state index in [4.69, 9.17) is 9.47 Å². The zero-order chi connectivity index (χ0) is 15.5. The number of rotatable bonds is 4. The van der Waals surface area contributed by atoms with Crippen molar-refractivity contribution in [3.05, 3.63) is 17.7 Å². The molecule has 1 atom stereocenters. The summed E-state index contributed by atoms with van der Waals surface area (Å²) in [5.41, 5.74) is 1.36. The van der Waals surface area contributed by atoms with Gasteiger partial charge in [0.15, 0.2) is 11.5 Å². The highest BCUT2D eigenvalue weighted by Crippen LogP contribution is 2.34. The minimum atomic E-state index is -0.363. The van der Waals surface area contributed by atoms with Crippen LogP contribution < -0.4 is 20.1 Å². The Morgan fingerprint density at radius 2 is 1.95 bits per heavy atom. The minimum Gasteiger partial charge on any atom is -0.493 e. The van der Waals surface area contributed by atoms with E-state index in [1.807, 2.05) is 26.0 Å². The SMILES string of the molecule is COc1cc(C)c(NC(=O)C2(C)CCCNC2)cc1OC. The highest BCUT2D eigenvalue weighted by molar-refractivity contribution is 5.96. The molecule has 1 aromatic carbocycles. The van der Waals surface area contributed by atoms with Gasteiger partial charge < -0.3 is 20.1 Å². The minimum absolute atomic E-state index is 0.0463. The second-order valence-electron chi connectivity index (χ2n) is 5.82. The van der Waals surface area contributed by atoms with E-state index in [1.54, 1.807) is 14.2 Å². The van der Waals surface area contributed by atoms with Crippen LogP contribution in [0.15, 0.2) is 12.1 Å². The van der Waals surface area contributed by atoms with E-state index in [1.165, 1.54) is 0 Å². The normalized spacial score (nSPS) is 21.7. The maximum absolute atomic E-state index is 12.6. The summed E-state index contributed by atoms with van der Waals surface area (Å²) in [4.78, 5) is 12.6. The lowest BCUT2D eigenvalue weighted by molar-refractivity contribution is -0.125. The molecule has 1 saturated heterocycles. The standard InChI is InChI=1S/C16H24N2O3/c1-11-8-13(20-3)14(21-4)9-12(11)18-15(19)16(2)6-5-7-17-10-16/h8-9,17H,5-7,10H2,1-4H3,(H,18,19). The van der Waals surface area contributed by atoms with E-state index in [0.717, 1.165) is 30.6 Å². The largest absolute Gasteiger partial charge is 0.493 e. The van der Waals surface area contributed by atoms with Gasteiger partial charge in [0, 0.05) is 18.3 Å². The van der Waals surface area contributed by atoms with E-state index in [9.17, 15) is 4.79 Å². The highest BCUT2D eigenvalue weighted by atomic mass is 16.5. The number of anilines is 1. The second kappa shape index (κ2) is 6.35. The smallest absolute Gasteiger partial charge is 0.231 e. The van der Waals surface area contributed by atoms with Crippen LogP contribution in [0.1, 0.15) is 25.3 Å². The Labute approximate surface area is 126 Å². The van der Waals surface area contributed by atoms with Crippen molar-refractivity contribution in [2.75, 3.05) is 32.6 Å². The van der Waals surface area contributed by atoms with Crippen LogP contribution in [-0.2, 0) is 4.79 Å². The Hall–Kier alpha value is -1.75. The molecule has 0 bridgehead atoms. The summed E-state index contributed by atoms with van der Waals surface area (Å²) in [5.74, 6) is 1.33. The molecule has 1 unspecified atom stereocenters. The lowest BCUT2D eigenvalue weighted by Crippen LogP contribution is -2.46. The summed E-state index contributed by atoms with van der Waals surface area (Å²) in [6.07, 6.45) is 1.92. The fourth-order valence-corrected chi connectivity index (χ4v) is 2.64.